The molecular formula is C9H9BrN4O. The van der Waals surface area contributed by atoms with Crippen LogP contribution < -0.4 is 10.5 Å². The van der Waals surface area contributed by atoms with Crippen molar-refractivity contribution in [2.24, 2.45) is 0 Å². The van der Waals surface area contributed by atoms with Crippen LogP contribution in [0.5, 0.6) is 5.88 Å². The maximum absolute atomic E-state index is 5.53. The molecule has 0 amide bonds. The lowest BCUT2D eigenvalue weighted by molar-refractivity contribution is 0.399. The molecule has 0 saturated carbocycles. The number of hydrogen-bond acceptors (Lipinski definition) is 4. The van der Waals surface area contributed by atoms with Gasteiger partial charge in [0.05, 0.1) is 18.4 Å². The van der Waals surface area contributed by atoms with Gasteiger partial charge in [0, 0.05) is 16.7 Å². The van der Waals surface area contributed by atoms with Gasteiger partial charge in [0.15, 0.2) is 0 Å². The number of aromatic nitrogens is 3. The van der Waals surface area contributed by atoms with Gasteiger partial charge in [-0.05, 0) is 22.0 Å². The Bertz CT molecular complexity index is 483. The van der Waals surface area contributed by atoms with Gasteiger partial charge in [-0.25, -0.2) is 4.98 Å². The SMILES string of the molecule is COc1ncc(Br)cc1-c1cc(N)n[nH]1. The molecular weight excluding hydrogens is 260 g/mol. The van der Waals surface area contributed by atoms with Crippen LogP contribution in [0.2, 0.25) is 0 Å². The molecule has 15 heavy (non-hydrogen) atoms. The average Bonchev–Trinajstić information content (AvgIpc) is 2.65. The number of aromatic amines is 1. The summed E-state index contributed by atoms with van der Waals surface area (Å²) in [5.41, 5.74) is 7.12. The van der Waals surface area contributed by atoms with E-state index in [-0.39, 0.29) is 0 Å². The van der Waals surface area contributed by atoms with Crippen molar-refractivity contribution in [1.29, 1.82) is 0 Å². The van der Waals surface area contributed by atoms with E-state index >= 15 is 0 Å². The van der Waals surface area contributed by atoms with Gasteiger partial charge in [0.1, 0.15) is 5.82 Å². The minimum atomic E-state index is 0.437. The zero-order valence-electron chi connectivity index (χ0n) is 7.99. The van der Waals surface area contributed by atoms with Crippen molar-refractivity contribution in [3.8, 4) is 17.1 Å². The smallest absolute Gasteiger partial charge is 0.222 e. The molecule has 2 aromatic rings. The molecule has 5 nitrogen and oxygen atoms in total. The predicted octanol–water partition coefficient (Wildman–Crippen LogP) is 1.82. The Morgan fingerprint density at radius 1 is 1.47 bits per heavy atom. The van der Waals surface area contributed by atoms with Gasteiger partial charge in [-0.15, -0.1) is 0 Å². The summed E-state index contributed by atoms with van der Waals surface area (Å²) in [6.07, 6.45) is 1.67. The highest BCUT2D eigenvalue weighted by molar-refractivity contribution is 9.10. The van der Waals surface area contributed by atoms with Crippen LogP contribution in [0.15, 0.2) is 22.8 Å². The summed E-state index contributed by atoms with van der Waals surface area (Å²) in [6.45, 7) is 0. The number of nitrogens with two attached hydrogens (primary N) is 1. The number of ether oxygens (including phenoxy) is 1. The van der Waals surface area contributed by atoms with Crippen LogP contribution in [-0.2, 0) is 0 Å². The van der Waals surface area contributed by atoms with E-state index in [0.717, 1.165) is 15.7 Å². The normalized spacial score (nSPS) is 10.3. The maximum atomic E-state index is 5.53. The van der Waals surface area contributed by atoms with Gasteiger partial charge in [0.2, 0.25) is 5.88 Å². The summed E-state index contributed by atoms with van der Waals surface area (Å²) in [7, 11) is 1.57. The van der Waals surface area contributed by atoms with Crippen molar-refractivity contribution in [3.05, 3.63) is 22.8 Å². The van der Waals surface area contributed by atoms with E-state index in [4.69, 9.17) is 10.5 Å². The number of nitrogen functional groups attached to an aromatic ring is 1. The van der Waals surface area contributed by atoms with E-state index in [0.29, 0.717) is 11.7 Å². The molecule has 0 spiro atoms. The number of pyridine rings is 1. The molecule has 0 fully saturated rings. The lowest BCUT2D eigenvalue weighted by Crippen LogP contribution is -1.91. The van der Waals surface area contributed by atoms with Crippen molar-refractivity contribution < 1.29 is 4.74 Å². The topological polar surface area (TPSA) is 76.8 Å². The summed E-state index contributed by atoms with van der Waals surface area (Å²) >= 11 is 3.35. The van der Waals surface area contributed by atoms with E-state index in [1.807, 2.05) is 6.07 Å². The Morgan fingerprint density at radius 2 is 2.27 bits per heavy atom. The largest absolute Gasteiger partial charge is 0.481 e. The van der Waals surface area contributed by atoms with Crippen LogP contribution in [0.1, 0.15) is 0 Å². The molecule has 0 aliphatic rings. The van der Waals surface area contributed by atoms with Gasteiger partial charge in [-0.1, -0.05) is 0 Å². The van der Waals surface area contributed by atoms with Gasteiger partial charge in [-0.2, -0.15) is 5.10 Å². The van der Waals surface area contributed by atoms with Gasteiger partial charge in [0.25, 0.3) is 0 Å². The maximum Gasteiger partial charge on any atom is 0.222 e. The molecule has 6 heteroatoms. The van der Waals surface area contributed by atoms with Gasteiger partial charge in [-0.3, -0.25) is 5.10 Å². The van der Waals surface area contributed by atoms with Gasteiger partial charge >= 0.3 is 0 Å². The van der Waals surface area contributed by atoms with Crippen LogP contribution in [0.4, 0.5) is 5.82 Å². The molecule has 0 bridgehead atoms. The summed E-state index contributed by atoms with van der Waals surface area (Å²) in [4.78, 5) is 4.12. The van der Waals surface area contributed by atoms with Crippen LogP contribution in [-0.4, -0.2) is 22.3 Å². The summed E-state index contributed by atoms with van der Waals surface area (Å²) in [6, 6.07) is 3.62. The Morgan fingerprint density at radius 3 is 2.87 bits per heavy atom. The number of anilines is 1. The molecule has 3 N–H and O–H groups in total. The molecule has 0 aliphatic heterocycles. The fraction of sp³-hybridized carbons (Fsp3) is 0.111. The molecule has 0 saturated heterocycles. The van der Waals surface area contributed by atoms with Crippen LogP contribution in [0.25, 0.3) is 11.3 Å². The monoisotopic (exact) mass is 268 g/mol. The highest BCUT2D eigenvalue weighted by Crippen LogP contribution is 2.29. The van der Waals surface area contributed by atoms with Crippen LogP contribution >= 0.6 is 15.9 Å². The fourth-order valence-corrected chi connectivity index (χ4v) is 1.59. The van der Waals surface area contributed by atoms with E-state index < -0.39 is 0 Å². The zero-order chi connectivity index (χ0) is 10.8. The van der Waals surface area contributed by atoms with E-state index in [2.05, 4.69) is 31.1 Å². The summed E-state index contributed by atoms with van der Waals surface area (Å²) < 4.78 is 6.01. The predicted molar refractivity (Wildman–Crippen MR) is 60.5 cm³/mol. The molecule has 0 aromatic carbocycles. The van der Waals surface area contributed by atoms with Crippen molar-refractivity contribution >= 4 is 21.7 Å². The second-order valence-corrected chi connectivity index (χ2v) is 3.83. The van der Waals surface area contributed by atoms with E-state index in [1.54, 1.807) is 19.4 Å². The first-order chi connectivity index (χ1) is 7.20. The third-order valence-electron chi connectivity index (χ3n) is 1.90. The van der Waals surface area contributed by atoms with E-state index in [9.17, 15) is 0 Å². The second kappa shape index (κ2) is 3.90. The minimum absolute atomic E-state index is 0.437. The minimum Gasteiger partial charge on any atom is -0.481 e. The number of halogens is 1. The Kier molecular flexibility index (Phi) is 2.59. The molecule has 0 unspecified atom stereocenters. The standard InChI is InChI=1S/C9H9BrN4O/c1-15-9-6(2-5(10)4-12-9)7-3-8(11)14-13-7/h2-4H,1H3,(H3,11,13,14). The third kappa shape index (κ3) is 1.94. The van der Waals surface area contributed by atoms with Crippen molar-refractivity contribution in [2.75, 3.05) is 12.8 Å². The average molecular weight is 269 g/mol. The molecule has 0 radical (unpaired) electrons. The first-order valence-corrected chi connectivity index (χ1v) is 5.01. The number of rotatable bonds is 2. The number of nitrogens with one attached hydrogen (secondary N) is 1. The van der Waals surface area contributed by atoms with Crippen molar-refractivity contribution in [3.63, 3.8) is 0 Å². The highest BCUT2D eigenvalue weighted by atomic mass is 79.9. The molecule has 78 valence electrons. The lowest BCUT2D eigenvalue weighted by atomic mass is 10.2. The number of nitrogens with zero attached hydrogens (tertiary/aromatic N) is 2. The zero-order valence-corrected chi connectivity index (χ0v) is 9.58. The van der Waals surface area contributed by atoms with E-state index in [1.165, 1.54) is 0 Å². The number of H-pyrrole nitrogens is 1. The van der Waals surface area contributed by atoms with Crippen LogP contribution in [0, 0.1) is 0 Å². The second-order valence-electron chi connectivity index (χ2n) is 2.92. The molecule has 0 aliphatic carbocycles. The van der Waals surface area contributed by atoms with Crippen molar-refractivity contribution in [2.45, 2.75) is 0 Å². The quantitative estimate of drug-likeness (QED) is 0.871. The van der Waals surface area contributed by atoms with Gasteiger partial charge < -0.3 is 10.5 Å². The first kappa shape index (κ1) is 9.97. The number of methoxy groups -OCH3 is 1. The Labute approximate surface area is 94.8 Å². The van der Waals surface area contributed by atoms with Crippen molar-refractivity contribution in [1.82, 2.24) is 15.2 Å². The first-order valence-electron chi connectivity index (χ1n) is 4.21. The molecule has 2 heterocycles. The fourth-order valence-electron chi connectivity index (χ4n) is 1.26. The summed E-state index contributed by atoms with van der Waals surface area (Å²) in [5, 5.41) is 6.66. The van der Waals surface area contributed by atoms with Crippen LogP contribution in [0.3, 0.4) is 0 Å². The third-order valence-corrected chi connectivity index (χ3v) is 2.33. The summed E-state index contributed by atoms with van der Waals surface area (Å²) in [5.74, 6) is 0.967. The lowest BCUT2D eigenvalue weighted by Gasteiger charge is -2.05. The molecule has 0 atom stereocenters. The molecule has 2 rings (SSSR count). The highest BCUT2D eigenvalue weighted by Gasteiger charge is 2.10. The Hall–Kier alpha value is -1.56. The molecule has 2 aromatic heterocycles. The number of hydrogen-bond donors (Lipinski definition) is 2. The Balaban J connectivity index is 2.55.